The number of carboxylic acids is 1. The standard InChI is InChI=1S/C21H23BrO6S/c1-26-21(25)20-18(28-12-16(23)24)17(22)19(29-20)14-8-5-9-15(10-14)27-11-13-6-3-2-4-7-13/h5,8-10,13H,2-4,6-7,11-12H2,1H3,(H,23,24). The van der Waals surface area contributed by atoms with Crippen LogP contribution in [0.15, 0.2) is 28.7 Å². The van der Waals surface area contributed by atoms with Crippen LogP contribution in [0, 0.1) is 5.92 Å². The van der Waals surface area contributed by atoms with Crippen LogP contribution in [0.3, 0.4) is 0 Å². The van der Waals surface area contributed by atoms with Crippen LogP contribution in [0.5, 0.6) is 11.5 Å². The minimum absolute atomic E-state index is 0.174. The fourth-order valence-electron chi connectivity index (χ4n) is 3.37. The Kier molecular flexibility index (Phi) is 7.55. The first-order valence-corrected chi connectivity index (χ1v) is 11.1. The first kappa shape index (κ1) is 21.6. The number of hydrogen-bond acceptors (Lipinski definition) is 6. The first-order valence-electron chi connectivity index (χ1n) is 9.48. The highest BCUT2D eigenvalue weighted by atomic mass is 79.9. The van der Waals surface area contributed by atoms with Gasteiger partial charge in [-0.05, 0) is 52.4 Å². The van der Waals surface area contributed by atoms with Crippen LogP contribution in [-0.4, -0.2) is 37.4 Å². The van der Waals surface area contributed by atoms with Crippen molar-refractivity contribution in [2.75, 3.05) is 20.3 Å². The van der Waals surface area contributed by atoms with Gasteiger partial charge in [0.05, 0.1) is 23.1 Å². The van der Waals surface area contributed by atoms with Gasteiger partial charge in [-0.1, -0.05) is 31.4 Å². The van der Waals surface area contributed by atoms with E-state index in [0.29, 0.717) is 17.0 Å². The van der Waals surface area contributed by atoms with Gasteiger partial charge in [-0.25, -0.2) is 9.59 Å². The number of aliphatic carboxylic acids is 1. The highest BCUT2D eigenvalue weighted by Crippen LogP contribution is 2.46. The van der Waals surface area contributed by atoms with E-state index in [1.54, 1.807) is 0 Å². The molecular weight excluding hydrogens is 460 g/mol. The summed E-state index contributed by atoms with van der Waals surface area (Å²) < 4.78 is 16.7. The van der Waals surface area contributed by atoms with E-state index in [1.807, 2.05) is 24.3 Å². The number of esters is 1. The molecule has 1 aromatic heterocycles. The molecule has 0 bridgehead atoms. The van der Waals surface area contributed by atoms with Crippen molar-refractivity contribution >= 4 is 39.2 Å². The summed E-state index contributed by atoms with van der Waals surface area (Å²) in [6.45, 7) is 0.152. The van der Waals surface area contributed by atoms with Gasteiger partial charge in [0.2, 0.25) is 0 Å². The maximum Gasteiger partial charge on any atom is 0.351 e. The van der Waals surface area contributed by atoms with Gasteiger partial charge in [0.15, 0.2) is 17.2 Å². The Bertz CT molecular complexity index is 872. The Morgan fingerprint density at radius 2 is 1.97 bits per heavy atom. The summed E-state index contributed by atoms with van der Waals surface area (Å²) in [6.07, 6.45) is 6.27. The van der Waals surface area contributed by atoms with E-state index < -0.39 is 18.5 Å². The van der Waals surface area contributed by atoms with Gasteiger partial charge in [0.25, 0.3) is 0 Å². The molecule has 156 valence electrons. The summed E-state index contributed by atoms with van der Waals surface area (Å²) in [7, 11) is 1.27. The van der Waals surface area contributed by atoms with Crippen LogP contribution in [0.2, 0.25) is 0 Å². The molecule has 1 heterocycles. The van der Waals surface area contributed by atoms with Gasteiger partial charge < -0.3 is 19.3 Å². The molecule has 0 amide bonds. The van der Waals surface area contributed by atoms with Crippen molar-refractivity contribution in [3.05, 3.63) is 33.6 Å². The average Bonchev–Trinajstić information content (AvgIpc) is 3.07. The van der Waals surface area contributed by atoms with Crippen molar-refractivity contribution in [1.29, 1.82) is 0 Å². The number of carbonyl (C=O) groups excluding carboxylic acids is 1. The Labute approximate surface area is 181 Å². The lowest BCUT2D eigenvalue weighted by Gasteiger charge is -2.21. The minimum atomic E-state index is -1.13. The van der Waals surface area contributed by atoms with E-state index in [-0.39, 0.29) is 10.6 Å². The highest BCUT2D eigenvalue weighted by molar-refractivity contribution is 9.10. The maximum absolute atomic E-state index is 12.1. The van der Waals surface area contributed by atoms with E-state index in [0.717, 1.165) is 16.2 Å². The van der Waals surface area contributed by atoms with Crippen molar-refractivity contribution in [2.45, 2.75) is 32.1 Å². The molecule has 1 N–H and O–H groups in total. The molecule has 6 nitrogen and oxygen atoms in total. The highest BCUT2D eigenvalue weighted by Gasteiger charge is 2.25. The monoisotopic (exact) mass is 482 g/mol. The Balaban J connectivity index is 1.83. The van der Waals surface area contributed by atoms with E-state index in [4.69, 9.17) is 19.3 Å². The summed E-state index contributed by atoms with van der Waals surface area (Å²) >= 11 is 4.64. The smallest absolute Gasteiger partial charge is 0.351 e. The largest absolute Gasteiger partial charge is 0.493 e. The van der Waals surface area contributed by atoms with Crippen molar-refractivity contribution in [3.8, 4) is 21.9 Å². The number of halogens is 1. The minimum Gasteiger partial charge on any atom is -0.493 e. The molecule has 29 heavy (non-hydrogen) atoms. The summed E-state index contributed by atoms with van der Waals surface area (Å²) in [4.78, 5) is 24.0. The SMILES string of the molecule is COC(=O)c1sc(-c2cccc(OCC3CCCCC3)c2)c(Br)c1OCC(=O)O. The third-order valence-corrected chi connectivity index (χ3v) is 7.05. The second-order valence-corrected chi connectivity index (χ2v) is 8.73. The molecule has 0 radical (unpaired) electrons. The van der Waals surface area contributed by atoms with Gasteiger partial charge in [0, 0.05) is 0 Å². The molecule has 1 fully saturated rings. The van der Waals surface area contributed by atoms with Crippen molar-refractivity contribution in [3.63, 3.8) is 0 Å². The van der Waals surface area contributed by atoms with Crippen LogP contribution in [0.25, 0.3) is 10.4 Å². The van der Waals surface area contributed by atoms with E-state index in [9.17, 15) is 9.59 Å². The second-order valence-electron chi connectivity index (χ2n) is 6.92. The Morgan fingerprint density at radius 3 is 2.66 bits per heavy atom. The van der Waals surface area contributed by atoms with E-state index >= 15 is 0 Å². The molecule has 0 aliphatic heterocycles. The van der Waals surface area contributed by atoms with Gasteiger partial charge in [-0.15, -0.1) is 11.3 Å². The van der Waals surface area contributed by atoms with Crippen LogP contribution in [0.4, 0.5) is 0 Å². The molecular formula is C21H23BrO6S. The van der Waals surface area contributed by atoms with Gasteiger partial charge in [0.1, 0.15) is 5.75 Å². The molecule has 1 aromatic carbocycles. The molecule has 1 saturated carbocycles. The maximum atomic E-state index is 12.1. The lowest BCUT2D eigenvalue weighted by atomic mass is 9.90. The summed E-state index contributed by atoms with van der Waals surface area (Å²) in [5.74, 6) is -0.165. The second kappa shape index (κ2) is 10.1. The van der Waals surface area contributed by atoms with Crippen LogP contribution in [0.1, 0.15) is 41.8 Å². The molecule has 1 aliphatic carbocycles. The number of ether oxygens (including phenoxy) is 3. The number of hydrogen-bond donors (Lipinski definition) is 1. The van der Waals surface area contributed by atoms with E-state index in [1.165, 1.54) is 50.6 Å². The molecule has 0 atom stereocenters. The fourth-order valence-corrected chi connectivity index (χ4v) is 5.33. The summed E-state index contributed by atoms with van der Waals surface area (Å²) in [5, 5.41) is 8.91. The Morgan fingerprint density at radius 1 is 1.21 bits per heavy atom. The number of thiophene rings is 1. The normalized spacial score (nSPS) is 14.4. The first-order chi connectivity index (χ1) is 14.0. The molecule has 8 heteroatoms. The summed E-state index contributed by atoms with van der Waals surface area (Å²) in [5.41, 5.74) is 0.846. The topological polar surface area (TPSA) is 82.1 Å². The van der Waals surface area contributed by atoms with Gasteiger partial charge >= 0.3 is 11.9 Å². The number of benzene rings is 1. The predicted molar refractivity (Wildman–Crippen MR) is 114 cm³/mol. The zero-order valence-electron chi connectivity index (χ0n) is 16.1. The Hall–Kier alpha value is -2.06. The number of carbonyl (C=O) groups is 2. The van der Waals surface area contributed by atoms with Crippen molar-refractivity contribution in [1.82, 2.24) is 0 Å². The summed E-state index contributed by atoms with van der Waals surface area (Å²) in [6, 6.07) is 7.64. The molecule has 0 unspecified atom stereocenters. The number of methoxy groups -OCH3 is 1. The average molecular weight is 483 g/mol. The van der Waals surface area contributed by atoms with Gasteiger partial charge in [-0.3, -0.25) is 0 Å². The zero-order chi connectivity index (χ0) is 20.8. The molecule has 3 rings (SSSR count). The molecule has 0 spiro atoms. The molecule has 2 aromatic rings. The lowest BCUT2D eigenvalue weighted by Crippen LogP contribution is -2.15. The number of rotatable bonds is 8. The quantitative estimate of drug-likeness (QED) is 0.508. The van der Waals surface area contributed by atoms with Crippen LogP contribution >= 0.6 is 27.3 Å². The third kappa shape index (κ3) is 5.51. The van der Waals surface area contributed by atoms with Crippen LogP contribution < -0.4 is 9.47 Å². The van der Waals surface area contributed by atoms with E-state index in [2.05, 4.69) is 15.9 Å². The zero-order valence-corrected chi connectivity index (χ0v) is 18.5. The number of carboxylic acid groups (broad SMARTS) is 1. The third-order valence-electron chi connectivity index (χ3n) is 4.83. The van der Waals surface area contributed by atoms with Crippen molar-refractivity contribution in [2.24, 2.45) is 5.92 Å². The van der Waals surface area contributed by atoms with Gasteiger partial charge in [-0.2, -0.15) is 0 Å². The molecule has 1 aliphatic rings. The fraction of sp³-hybridized carbons (Fsp3) is 0.429. The van der Waals surface area contributed by atoms with Crippen LogP contribution in [-0.2, 0) is 9.53 Å². The predicted octanol–water partition coefficient (Wildman–Crippen LogP) is 5.39. The lowest BCUT2D eigenvalue weighted by molar-refractivity contribution is -0.139. The van der Waals surface area contributed by atoms with Crippen molar-refractivity contribution < 1.29 is 28.9 Å². The molecule has 0 saturated heterocycles.